The lowest BCUT2D eigenvalue weighted by Gasteiger charge is -2.26. The number of thioether (sulfide) groups is 1. The molecule has 25 heavy (non-hydrogen) atoms. The van der Waals surface area contributed by atoms with Gasteiger partial charge in [0.2, 0.25) is 5.91 Å². The van der Waals surface area contributed by atoms with E-state index in [1.165, 1.54) is 25.7 Å². The predicted octanol–water partition coefficient (Wildman–Crippen LogP) is 5.03. The molecule has 1 fully saturated rings. The largest absolute Gasteiger partial charge is 0.497 e. The third kappa shape index (κ3) is 5.56. The van der Waals surface area contributed by atoms with Crippen LogP contribution in [-0.4, -0.2) is 37.3 Å². The first kappa shape index (κ1) is 20.0. The van der Waals surface area contributed by atoms with Gasteiger partial charge in [-0.15, -0.1) is 11.8 Å². The number of hydrogen-bond donors (Lipinski definition) is 0. The molecule has 0 bridgehead atoms. The van der Waals surface area contributed by atoms with Crippen LogP contribution >= 0.6 is 11.8 Å². The minimum atomic E-state index is 0.0256. The Labute approximate surface area is 156 Å². The molecule has 0 aromatic heterocycles. The van der Waals surface area contributed by atoms with Crippen molar-refractivity contribution >= 4 is 17.7 Å². The topological polar surface area (TPSA) is 38.8 Å². The van der Waals surface area contributed by atoms with Gasteiger partial charge >= 0.3 is 0 Å². The van der Waals surface area contributed by atoms with Crippen molar-refractivity contribution in [3.05, 3.63) is 23.8 Å². The van der Waals surface area contributed by atoms with Crippen LogP contribution in [0, 0.1) is 0 Å². The number of benzene rings is 1. The smallest absolute Gasteiger partial charge is 0.223 e. The quantitative estimate of drug-likeness (QED) is 0.545. The molecule has 2 rings (SSSR count). The van der Waals surface area contributed by atoms with Crippen LogP contribution in [0.25, 0.3) is 0 Å². The summed E-state index contributed by atoms with van der Waals surface area (Å²) in [5.74, 6) is 2.84. The van der Waals surface area contributed by atoms with E-state index in [9.17, 15) is 4.79 Å². The summed E-state index contributed by atoms with van der Waals surface area (Å²) in [4.78, 5) is 14.7. The summed E-state index contributed by atoms with van der Waals surface area (Å²) in [5, 5.41) is 0.0256. The van der Waals surface area contributed by atoms with E-state index < -0.39 is 0 Å². The van der Waals surface area contributed by atoms with Crippen LogP contribution < -0.4 is 9.47 Å². The van der Waals surface area contributed by atoms with Gasteiger partial charge in [0.25, 0.3) is 0 Å². The number of unbranched alkanes of at least 4 members (excludes halogenated alkanes) is 5. The fourth-order valence-corrected chi connectivity index (χ4v) is 4.51. The van der Waals surface area contributed by atoms with Crippen molar-refractivity contribution in [1.82, 2.24) is 4.90 Å². The van der Waals surface area contributed by atoms with Crippen LogP contribution in [0.4, 0.5) is 0 Å². The summed E-state index contributed by atoms with van der Waals surface area (Å²) in [6.45, 7) is 3.03. The normalized spacial score (nSPS) is 16.9. The molecule has 1 aliphatic rings. The number of ether oxygens (including phenoxy) is 2. The van der Waals surface area contributed by atoms with Crippen LogP contribution in [-0.2, 0) is 4.79 Å². The van der Waals surface area contributed by atoms with Gasteiger partial charge in [0.1, 0.15) is 16.9 Å². The highest BCUT2D eigenvalue weighted by molar-refractivity contribution is 7.99. The average molecular weight is 366 g/mol. The first-order chi connectivity index (χ1) is 12.2. The minimum Gasteiger partial charge on any atom is -0.497 e. The molecule has 0 radical (unpaired) electrons. The summed E-state index contributed by atoms with van der Waals surface area (Å²) >= 11 is 1.80. The monoisotopic (exact) mass is 365 g/mol. The highest BCUT2D eigenvalue weighted by Gasteiger charge is 2.32. The molecule has 0 N–H and O–H groups in total. The van der Waals surface area contributed by atoms with Gasteiger partial charge < -0.3 is 14.4 Å². The molecule has 0 aliphatic carbocycles. The highest BCUT2D eigenvalue weighted by atomic mass is 32.2. The molecule has 1 atom stereocenters. The Balaban J connectivity index is 1.96. The van der Waals surface area contributed by atoms with Gasteiger partial charge in [-0.1, -0.05) is 39.0 Å². The van der Waals surface area contributed by atoms with E-state index in [4.69, 9.17) is 9.47 Å². The fourth-order valence-electron chi connectivity index (χ4n) is 3.22. The third-order valence-corrected chi connectivity index (χ3v) is 5.90. The maximum absolute atomic E-state index is 12.7. The SMILES string of the molecule is CCCCCCCCC(=O)N1CCS[C@H]1c1cc(OC)ccc1OC. The molecule has 0 spiro atoms. The van der Waals surface area contributed by atoms with E-state index in [-0.39, 0.29) is 11.3 Å². The molecule has 0 saturated carbocycles. The second kappa shape index (κ2) is 10.6. The Morgan fingerprint density at radius 1 is 1.16 bits per heavy atom. The summed E-state index contributed by atoms with van der Waals surface area (Å²) in [7, 11) is 3.34. The van der Waals surface area contributed by atoms with Crippen LogP contribution in [0.2, 0.25) is 0 Å². The van der Waals surface area contributed by atoms with Crippen molar-refractivity contribution in [2.75, 3.05) is 26.5 Å². The van der Waals surface area contributed by atoms with E-state index in [2.05, 4.69) is 6.92 Å². The molecule has 5 heteroatoms. The van der Waals surface area contributed by atoms with Crippen LogP contribution in [0.15, 0.2) is 18.2 Å². The lowest BCUT2D eigenvalue weighted by Crippen LogP contribution is -2.30. The Kier molecular flexibility index (Phi) is 8.45. The Morgan fingerprint density at radius 2 is 1.92 bits per heavy atom. The summed E-state index contributed by atoms with van der Waals surface area (Å²) in [6.07, 6.45) is 7.88. The molecule has 1 aliphatic heterocycles. The van der Waals surface area contributed by atoms with Crippen molar-refractivity contribution in [2.24, 2.45) is 0 Å². The first-order valence-electron chi connectivity index (χ1n) is 9.34. The highest BCUT2D eigenvalue weighted by Crippen LogP contribution is 2.43. The number of amides is 1. The maximum Gasteiger partial charge on any atom is 0.223 e. The van der Waals surface area contributed by atoms with Crippen molar-refractivity contribution < 1.29 is 14.3 Å². The van der Waals surface area contributed by atoms with Crippen molar-refractivity contribution in [3.8, 4) is 11.5 Å². The second-order valence-corrected chi connectivity index (χ2v) is 7.62. The molecule has 0 unspecified atom stereocenters. The van der Waals surface area contributed by atoms with E-state index in [1.807, 2.05) is 23.1 Å². The van der Waals surface area contributed by atoms with Gasteiger partial charge in [0.15, 0.2) is 0 Å². The average Bonchev–Trinajstić information content (AvgIpc) is 3.13. The number of hydrogen-bond acceptors (Lipinski definition) is 4. The summed E-state index contributed by atoms with van der Waals surface area (Å²) in [6, 6.07) is 5.81. The van der Waals surface area contributed by atoms with Gasteiger partial charge in [-0.05, 0) is 24.6 Å². The van der Waals surface area contributed by atoms with E-state index in [1.54, 1.807) is 26.0 Å². The predicted molar refractivity (Wildman–Crippen MR) is 104 cm³/mol. The van der Waals surface area contributed by atoms with Gasteiger partial charge in [0, 0.05) is 24.3 Å². The van der Waals surface area contributed by atoms with Gasteiger partial charge in [-0.25, -0.2) is 0 Å². The lowest BCUT2D eigenvalue weighted by atomic mass is 10.1. The van der Waals surface area contributed by atoms with E-state index in [0.29, 0.717) is 6.42 Å². The zero-order valence-corrected chi connectivity index (χ0v) is 16.6. The van der Waals surface area contributed by atoms with Crippen LogP contribution in [0.5, 0.6) is 11.5 Å². The van der Waals surface area contributed by atoms with Gasteiger partial charge in [0.05, 0.1) is 14.2 Å². The number of carbonyl (C=O) groups excluding carboxylic acids is 1. The molecule has 140 valence electrons. The Hall–Kier alpha value is -1.36. The minimum absolute atomic E-state index is 0.0256. The molecule has 1 heterocycles. The summed E-state index contributed by atoms with van der Waals surface area (Å²) < 4.78 is 10.9. The van der Waals surface area contributed by atoms with E-state index >= 15 is 0 Å². The number of nitrogens with zero attached hydrogens (tertiary/aromatic N) is 1. The fraction of sp³-hybridized carbons (Fsp3) is 0.650. The van der Waals surface area contributed by atoms with Crippen molar-refractivity contribution in [3.63, 3.8) is 0 Å². The molecular formula is C20H31NO3S. The number of methoxy groups -OCH3 is 2. The standard InChI is InChI=1S/C20H31NO3S/c1-4-5-6-7-8-9-10-19(22)21-13-14-25-20(21)17-15-16(23-2)11-12-18(17)24-3/h11-12,15,20H,4-10,13-14H2,1-3H3/t20-/m0/s1. The van der Waals surface area contributed by atoms with Crippen LogP contribution in [0.1, 0.15) is 62.8 Å². The van der Waals surface area contributed by atoms with Crippen molar-refractivity contribution in [2.45, 2.75) is 57.2 Å². The second-order valence-electron chi connectivity index (χ2n) is 6.44. The zero-order valence-electron chi connectivity index (χ0n) is 15.8. The molecule has 1 aromatic carbocycles. The molecule has 4 nitrogen and oxygen atoms in total. The van der Waals surface area contributed by atoms with E-state index in [0.717, 1.165) is 42.2 Å². The number of carbonyl (C=O) groups is 1. The Morgan fingerprint density at radius 3 is 2.64 bits per heavy atom. The first-order valence-corrected chi connectivity index (χ1v) is 10.4. The molecular weight excluding hydrogens is 334 g/mol. The van der Waals surface area contributed by atoms with Crippen molar-refractivity contribution in [1.29, 1.82) is 0 Å². The van der Waals surface area contributed by atoms with Crippen LogP contribution in [0.3, 0.4) is 0 Å². The van der Waals surface area contributed by atoms with Gasteiger partial charge in [-0.3, -0.25) is 4.79 Å². The zero-order chi connectivity index (χ0) is 18.1. The molecule has 1 amide bonds. The Bertz CT molecular complexity index is 550. The molecule has 1 saturated heterocycles. The number of rotatable bonds is 10. The molecule has 1 aromatic rings. The summed E-state index contributed by atoms with van der Waals surface area (Å²) in [5.41, 5.74) is 1.03. The maximum atomic E-state index is 12.7. The lowest BCUT2D eigenvalue weighted by molar-refractivity contribution is -0.131. The third-order valence-electron chi connectivity index (χ3n) is 4.66. The van der Waals surface area contributed by atoms with Gasteiger partial charge in [-0.2, -0.15) is 0 Å².